The van der Waals surface area contributed by atoms with Gasteiger partial charge < -0.3 is 5.32 Å². The molecule has 1 aliphatic heterocycles. The van der Waals surface area contributed by atoms with E-state index >= 15 is 0 Å². The van der Waals surface area contributed by atoms with Crippen LogP contribution in [0.4, 0.5) is 0 Å². The van der Waals surface area contributed by atoms with Crippen molar-refractivity contribution in [2.75, 3.05) is 6.54 Å². The first-order valence-electron chi connectivity index (χ1n) is 6.86. The number of carbonyl (C=O) groups excluding carboxylic acids is 1. The van der Waals surface area contributed by atoms with Gasteiger partial charge in [0, 0.05) is 18.4 Å². The summed E-state index contributed by atoms with van der Waals surface area (Å²) >= 11 is 0. The van der Waals surface area contributed by atoms with Gasteiger partial charge in [-0.1, -0.05) is 45.0 Å². The van der Waals surface area contributed by atoms with Crippen LogP contribution in [0, 0.1) is 5.92 Å². The van der Waals surface area contributed by atoms with Gasteiger partial charge in [-0.2, -0.15) is 0 Å². The lowest BCUT2D eigenvalue weighted by Crippen LogP contribution is -2.44. The molecule has 2 heteroatoms. The Labute approximate surface area is 110 Å². The van der Waals surface area contributed by atoms with E-state index in [1.807, 2.05) is 0 Å². The first kappa shape index (κ1) is 13.1. The van der Waals surface area contributed by atoms with Crippen molar-refractivity contribution < 1.29 is 4.79 Å². The highest BCUT2D eigenvalue weighted by atomic mass is 16.1. The quantitative estimate of drug-likeness (QED) is 0.871. The highest BCUT2D eigenvalue weighted by molar-refractivity contribution is 5.77. The normalized spacial score (nSPS) is 24.1. The second-order valence-electron chi connectivity index (χ2n) is 6.13. The summed E-state index contributed by atoms with van der Waals surface area (Å²) in [7, 11) is 0. The summed E-state index contributed by atoms with van der Waals surface area (Å²) in [4.78, 5) is 11.2. The van der Waals surface area contributed by atoms with Crippen molar-refractivity contribution in [1.29, 1.82) is 0 Å². The lowest BCUT2D eigenvalue weighted by atomic mass is 9.76. The molecular weight excluding hydrogens is 222 g/mol. The Morgan fingerprint density at radius 2 is 1.94 bits per heavy atom. The Morgan fingerprint density at radius 1 is 1.28 bits per heavy atom. The number of nitrogens with one attached hydrogen (secondary N) is 1. The molecule has 1 aliphatic rings. The van der Waals surface area contributed by atoms with Crippen LogP contribution >= 0.6 is 0 Å². The standard InChI is InChI=1S/C16H23NO/c1-12(2)10-13-4-6-14(7-5-13)16(3)9-8-15(18)17-11-16/h4-7,12H,8-11H2,1-3H3,(H,17,18). The minimum absolute atomic E-state index is 0.101. The van der Waals surface area contributed by atoms with Crippen molar-refractivity contribution in [3.63, 3.8) is 0 Å². The van der Waals surface area contributed by atoms with Gasteiger partial charge >= 0.3 is 0 Å². The van der Waals surface area contributed by atoms with Crippen LogP contribution in [-0.2, 0) is 16.6 Å². The molecule has 0 bridgehead atoms. The molecule has 1 heterocycles. The average molecular weight is 245 g/mol. The third kappa shape index (κ3) is 2.92. The third-order valence-corrected chi connectivity index (χ3v) is 3.87. The first-order chi connectivity index (χ1) is 8.49. The van der Waals surface area contributed by atoms with Gasteiger partial charge in [0.1, 0.15) is 0 Å². The zero-order valence-corrected chi connectivity index (χ0v) is 11.6. The maximum absolute atomic E-state index is 11.2. The maximum Gasteiger partial charge on any atom is 0.220 e. The van der Waals surface area contributed by atoms with Gasteiger partial charge in [0.25, 0.3) is 0 Å². The number of benzene rings is 1. The topological polar surface area (TPSA) is 29.1 Å². The Morgan fingerprint density at radius 3 is 2.44 bits per heavy atom. The van der Waals surface area contributed by atoms with Crippen LogP contribution in [-0.4, -0.2) is 12.5 Å². The zero-order valence-electron chi connectivity index (χ0n) is 11.6. The molecule has 2 rings (SSSR count). The molecule has 0 spiro atoms. The molecule has 0 aromatic heterocycles. The van der Waals surface area contributed by atoms with E-state index in [1.54, 1.807) is 0 Å². The van der Waals surface area contributed by atoms with E-state index in [0.29, 0.717) is 12.3 Å². The molecule has 0 radical (unpaired) electrons. The van der Waals surface area contributed by atoms with E-state index in [0.717, 1.165) is 19.4 Å². The summed E-state index contributed by atoms with van der Waals surface area (Å²) < 4.78 is 0. The Hall–Kier alpha value is -1.31. The van der Waals surface area contributed by atoms with Crippen molar-refractivity contribution in [3.05, 3.63) is 35.4 Å². The van der Waals surface area contributed by atoms with Crippen LogP contribution < -0.4 is 5.32 Å². The first-order valence-corrected chi connectivity index (χ1v) is 6.86. The van der Waals surface area contributed by atoms with Crippen molar-refractivity contribution in [3.8, 4) is 0 Å². The van der Waals surface area contributed by atoms with Gasteiger partial charge in [0.15, 0.2) is 0 Å². The van der Waals surface area contributed by atoms with Crippen LogP contribution in [0.2, 0.25) is 0 Å². The van der Waals surface area contributed by atoms with E-state index < -0.39 is 0 Å². The Bertz CT molecular complexity index is 409. The molecule has 0 saturated carbocycles. The van der Waals surface area contributed by atoms with Gasteiger partial charge in [-0.05, 0) is 29.9 Å². The number of hydrogen-bond acceptors (Lipinski definition) is 1. The second-order valence-corrected chi connectivity index (χ2v) is 6.13. The highest BCUT2D eigenvalue weighted by Crippen LogP contribution is 2.31. The van der Waals surface area contributed by atoms with Crippen molar-refractivity contribution in [2.24, 2.45) is 5.92 Å². The lowest BCUT2D eigenvalue weighted by Gasteiger charge is -2.34. The van der Waals surface area contributed by atoms with Crippen LogP contribution in [0.15, 0.2) is 24.3 Å². The average Bonchev–Trinajstić information content (AvgIpc) is 2.33. The summed E-state index contributed by atoms with van der Waals surface area (Å²) in [5.41, 5.74) is 2.84. The van der Waals surface area contributed by atoms with Gasteiger partial charge in [0.05, 0.1) is 0 Å². The smallest absolute Gasteiger partial charge is 0.220 e. The fraction of sp³-hybridized carbons (Fsp3) is 0.562. The molecule has 2 nitrogen and oxygen atoms in total. The molecule has 18 heavy (non-hydrogen) atoms. The minimum Gasteiger partial charge on any atom is -0.355 e. The molecular formula is C16H23NO. The monoisotopic (exact) mass is 245 g/mol. The van der Waals surface area contributed by atoms with Crippen LogP contribution in [0.1, 0.15) is 44.7 Å². The number of amides is 1. The molecule has 1 aromatic carbocycles. The summed E-state index contributed by atoms with van der Waals surface area (Å²) in [6, 6.07) is 8.93. The largest absolute Gasteiger partial charge is 0.355 e. The Kier molecular flexibility index (Phi) is 3.74. The number of rotatable bonds is 3. The number of piperidine rings is 1. The third-order valence-electron chi connectivity index (χ3n) is 3.87. The van der Waals surface area contributed by atoms with E-state index in [1.165, 1.54) is 11.1 Å². The van der Waals surface area contributed by atoms with Gasteiger partial charge in [-0.3, -0.25) is 4.79 Å². The highest BCUT2D eigenvalue weighted by Gasteiger charge is 2.31. The summed E-state index contributed by atoms with van der Waals surface area (Å²) in [6.07, 6.45) is 2.72. The van der Waals surface area contributed by atoms with Gasteiger partial charge in [0.2, 0.25) is 5.91 Å². The molecule has 98 valence electrons. The Balaban J connectivity index is 2.11. The summed E-state index contributed by atoms with van der Waals surface area (Å²) in [5, 5.41) is 2.98. The molecule has 1 fully saturated rings. The number of hydrogen-bond donors (Lipinski definition) is 1. The van der Waals surface area contributed by atoms with E-state index in [2.05, 4.69) is 50.4 Å². The molecule has 1 saturated heterocycles. The summed E-state index contributed by atoms with van der Waals surface area (Å²) in [5.74, 6) is 0.879. The zero-order chi connectivity index (χ0) is 13.2. The van der Waals surface area contributed by atoms with Crippen molar-refractivity contribution in [1.82, 2.24) is 5.32 Å². The molecule has 1 aromatic rings. The van der Waals surface area contributed by atoms with Crippen LogP contribution in [0.5, 0.6) is 0 Å². The molecule has 1 unspecified atom stereocenters. The van der Waals surface area contributed by atoms with Crippen LogP contribution in [0.3, 0.4) is 0 Å². The van der Waals surface area contributed by atoms with E-state index in [9.17, 15) is 4.79 Å². The SMILES string of the molecule is CC(C)Cc1ccc(C2(C)CCC(=O)NC2)cc1. The number of carbonyl (C=O) groups is 1. The van der Waals surface area contributed by atoms with Crippen molar-refractivity contribution >= 4 is 5.91 Å². The predicted octanol–water partition coefficient (Wildman–Crippen LogP) is 3.05. The molecule has 1 atom stereocenters. The molecule has 1 N–H and O–H groups in total. The fourth-order valence-electron chi connectivity index (χ4n) is 2.62. The summed E-state index contributed by atoms with van der Waals surface area (Å²) in [6.45, 7) is 7.48. The maximum atomic E-state index is 11.2. The van der Waals surface area contributed by atoms with E-state index in [4.69, 9.17) is 0 Å². The van der Waals surface area contributed by atoms with Gasteiger partial charge in [-0.25, -0.2) is 0 Å². The van der Waals surface area contributed by atoms with Crippen LogP contribution in [0.25, 0.3) is 0 Å². The molecule has 1 amide bonds. The van der Waals surface area contributed by atoms with Gasteiger partial charge in [-0.15, -0.1) is 0 Å². The predicted molar refractivity (Wildman–Crippen MR) is 74.6 cm³/mol. The fourth-order valence-corrected chi connectivity index (χ4v) is 2.62. The lowest BCUT2D eigenvalue weighted by molar-refractivity contribution is -0.123. The van der Waals surface area contributed by atoms with E-state index in [-0.39, 0.29) is 11.3 Å². The minimum atomic E-state index is 0.101. The second kappa shape index (κ2) is 5.13. The molecule has 0 aliphatic carbocycles. The van der Waals surface area contributed by atoms with Crippen molar-refractivity contribution in [2.45, 2.75) is 45.4 Å².